The first-order valence-electron chi connectivity index (χ1n) is 32.5. The number of rotatable bonds is 0. The van der Waals surface area contributed by atoms with E-state index >= 15 is 0 Å². The highest BCUT2D eigenvalue weighted by Crippen LogP contribution is 2.23. The van der Waals surface area contributed by atoms with Crippen molar-refractivity contribution in [2.75, 3.05) is 91.9 Å². The van der Waals surface area contributed by atoms with Crippen molar-refractivity contribution >= 4 is 0 Å². The Labute approximate surface area is 460 Å². The SMILES string of the molecule is CC.CC.CC.CC.CC.CC.CC.CC.CC1CCCCC1.CC1CCCCC1.C[C@@H]1CCCNC1.C[C@@H]1CCCOC1.C[C@@H]1CNCCN1.C[C@@H]1CNCCO1.C[C@H]1CCCNC1.C[C@H]1CCCOC1. The molecule has 0 amide bonds. The standard InChI is InChI=1S/2C7H14.2C6H13N.2C6H12O.C5H12N2.C5H11NO.8C2H6/c2*1-7-5-3-2-4-6-7;4*1-6-3-2-4-7-5-6;2*1-5-4-6-2-3-7-5;8*1-2/h2*7H,2-6H2,1H3;2*6-7H,2-5H2,1H3;2*6H,2-5H2,1H3;5-7H,2-4H2,1H3;5-6H,2-4H2,1H3;8*1-2H3/t;;4*6-;2*5-;;;;;;;;/m..101011......../s1. The zero-order valence-corrected chi connectivity index (χ0v) is 55.0. The van der Waals surface area contributed by atoms with Crippen LogP contribution >= 0.6 is 0 Å². The van der Waals surface area contributed by atoms with E-state index in [-0.39, 0.29) is 0 Å². The Morgan fingerprint density at radius 3 is 0.750 bits per heavy atom. The highest BCUT2D eigenvalue weighted by molar-refractivity contribution is 4.70. The van der Waals surface area contributed by atoms with Crippen LogP contribution in [0.2, 0.25) is 0 Å². The zero-order valence-electron chi connectivity index (χ0n) is 55.0. The monoisotopic (exact) mass is 1040 g/mol. The van der Waals surface area contributed by atoms with Crippen molar-refractivity contribution in [3.63, 3.8) is 0 Å². The van der Waals surface area contributed by atoms with Gasteiger partial charge < -0.3 is 40.8 Å². The lowest BCUT2D eigenvalue weighted by Crippen LogP contribution is -2.46. The number of nitrogens with one attached hydrogen (secondary N) is 5. The number of piperazine rings is 1. The van der Waals surface area contributed by atoms with Crippen molar-refractivity contribution in [3.05, 3.63) is 0 Å². The lowest BCUT2D eigenvalue weighted by Gasteiger charge is -2.19. The number of piperidine rings is 2. The molecule has 6 heterocycles. The van der Waals surface area contributed by atoms with E-state index in [9.17, 15) is 0 Å². The number of ether oxygens (including phenoxy) is 3. The Balaban J connectivity index is -0.000000104. The van der Waals surface area contributed by atoms with Crippen molar-refractivity contribution in [3.8, 4) is 0 Å². The second-order valence-electron chi connectivity index (χ2n) is 19.0. The average Bonchev–Trinajstić information content (AvgIpc) is 3.46. The van der Waals surface area contributed by atoms with Gasteiger partial charge in [-0.25, -0.2) is 0 Å². The third-order valence-electron chi connectivity index (χ3n) is 12.0. The molecule has 0 radical (unpaired) electrons. The fourth-order valence-electron chi connectivity index (χ4n) is 7.96. The number of morpholine rings is 1. The van der Waals surface area contributed by atoms with Gasteiger partial charge in [0.1, 0.15) is 0 Å². The van der Waals surface area contributed by atoms with Crippen LogP contribution in [0.5, 0.6) is 0 Å². The molecule has 8 heteroatoms. The molecule has 6 aliphatic heterocycles. The highest BCUT2D eigenvalue weighted by Gasteiger charge is 2.10. The Morgan fingerprint density at radius 1 is 0.278 bits per heavy atom. The largest absolute Gasteiger partial charge is 0.381 e. The van der Waals surface area contributed by atoms with Crippen LogP contribution in [0.3, 0.4) is 0 Å². The molecule has 6 saturated heterocycles. The van der Waals surface area contributed by atoms with E-state index in [0.29, 0.717) is 12.1 Å². The summed E-state index contributed by atoms with van der Waals surface area (Å²) in [6.45, 7) is 65.2. The van der Waals surface area contributed by atoms with E-state index in [4.69, 9.17) is 14.2 Å². The summed E-state index contributed by atoms with van der Waals surface area (Å²) in [6, 6.07) is 0.675. The van der Waals surface area contributed by atoms with Gasteiger partial charge in [-0.2, -0.15) is 0 Å². The van der Waals surface area contributed by atoms with Crippen LogP contribution in [0.1, 0.15) is 282 Å². The molecule has 8 aliphatic rings. The van der Waals surface area contributed by atoms with Gasteiger partial charge in [0.15, 0.2) is 0 Å². The average molecular weight is 1040 g/mol. The molecule has 2 saturated carbocycles. The van der Waals surface area contributed by atoms with E-state index in [0.717, 1.165) is 101 Å². The van der Waals surface area contributed by atoms with Gasteiger partial charge in [0.05, 0.1) is 12.7 Å². The first-order chi connectivity index (χ1) is 35.2. The lowest BCUT2D eigenvalue weighted by molar-refractivity contribution is 0.0410. The normalized spacial score (nSPS) is 24.8. The third kappa shape index (κ3) is 81.1. The van der Waals surface area contributed by atoms with E-state index in [1.54, 1.807) is 0 Å². The summed E-state index contributed by atoms with van der Waals surface area (Å²) >= 11 is 0. The zero-order chi connectivity index (χ0) is 56.9. The van der Waals surface area contributed by atoms with Crippen molar-refractivity contribution in [1.29, 1.82) is 0 Å². The second-order valence-corrected chi connectivity index (χ2v) is 19.0. The number of hydrogen-bond donors (Lipinski definition) is 5. The maximum Gasteiger partial charge on any atom is 0.0672 e. The van der Waals surface area contributed by atoms with E-state index in [1.807, 2.05) is 111 Å². The minimum atomic E-state index is 0.425. The van der Waals surface area contributed by atoms with Crippen LogP contribution in [0.25, 0.3) is 0 Å². The molecule has 8 rings (SSSR count). The first-order valence-corrected chi connectivity index (χ1v) is 32.5. The van der Waals surface area contributed by atoms with Crippen molar-refractivity contribution in [1.82, 2.24) is 26.6 Å². The van der Waals surface area contributed by atoms with Crippen molar-refractivity contribution in [2.45, 2.75) is 294 Å². The van der Waals surface area contributed by atoms with Crippen LogP contribution in [0, 0.1) is 35.5 Å². The maximum absolute atomic E-state index is 5.22. The predicted molar refractivity (Wildman–Crippen MR) is 335 cm³/mol. The predicted octanol–water partition coefficient (Wildman–Crippen LogP) is 17.8. The van der Waals surface area contributed by atoms with Gasteiger partial charge in [0.25, 0.3) is 0 Å². The Hall–Kier alpha value is -0.320. The summed E-state index contributed by atoms with van der Waals surface area (Å²) in [5.74, 6) is 5.55. The summed E-state index contributed by atoms with van der Waals surface area (Å²) in [5, 5.41) is 16.5. The molecule has 5 N–H and O–H groups in total. The molecule has 72 heavy (non-hydrogen) atoms. The van der Waals surface area contributed by atoms with Gasteiger partial charge >= 0.3 is 0 Å². The summed E-state index contributed by atoms with van der Waals surface area (Å²) in [7, 11) is 0. The van der Waals surface area contributed by atoms with Crippen LogP contribution in [0.15, 0.2) is 0 Å². The van der Waals surface area contributed by atoms with Crippen LogP contribution in [0.4, 0.5) is 0 Å². The van der Waals surface area contributed by atoms with E-state index in [2.05, 4.69) is 82.0 Å². The second kappa shape index (κ2) is 84.6. The smallest absolute Gasteiger partial charge is 0.0672 e. The molecule has 448 valence electrons. The fraction of sp³-hybridized carbons (Fsp3) is 1.00. The van der Waals surface area contributed by atoms with Crippen LogP contribution in [-0.2, 0) is 14.2 Å². The third-order valence-corrected chi connectivity index (χ3v) is 12.0. The Bertz CT molecular complexity index is 572. The summed E-state index contributed by atoms with van der Waals surface area (Å²) in [6.07, 6.45) is 26.2. The molecule has 6 atom stereocenters. The molecule has 0 bridgehead atoms. The maximum atomic E-state index is 5.22. The van der Waals surface area contributed by atoms with E-state index < -0.39 is 0 Å². The number of hydrogen-bond acceptors (Lipinski definition) is 8. The molecule has 0 aromatic rings. The minimum absolute atomic E-state index is 0.425. The molecule has 2 aliphatic carbocycles. The van der Waals surface area contributed by atoms with Crippen molar-refractivity contribution < 1.29 is 14.2 Å². The molecule has 0 spiro atoms. The van der Waals surface area contributed by atoms with Crippen molar-refractivity contribution in [2.24, 2.45) is 35.5 Å². The first kappa shape index (κ1) is 88.3. The van der Waals surface area contributed by atoms with Crippen LogP contribution in [-0.4, -0.2) is 104 Å². The van der Waals surface area contributed by atoms with Gasteiger partial charge in [-0.3, -0.25) is 0 Å². The molecular weight excluding hydrogens is 887 g/mol. The topological polar surface area (TPSA) is 87.8 Å². The van der Waals surface area contributed by atoms with Gasteiger partial charge in [-0.1, -0.05) is 217 Å². The minimum Gasteiger partial charge on any atom is -0.381 e. The molecular formula is C64H149N5O3. The Kier molecular flexibility index (Phi) is 104. The molecule has 0 aromatic heterocycles. The molecule has 8 nitrogen and oxygen atoms in total. The summed E-state index contributed by atoms with van der Waals surface area (Å²) < 4.78 is 15.6. The quantitative estimate of drug-likeness (QED) is 0.164. The van der Waals surface area contributed by atoms with Gasteiger partial charge in [-0.05, 0) is 127 Å². The van der Waals surface area contributed by atoms with Gasteiger partial charge in [0, 0.05) is 65.2 Å². The van der Waals surface area contributed by atoms with Gasteiger partial charge in [0.2, 0.25) is 0 Å². The Morgan fingerprint density at radius 2 is 0.611 bits per heavy atom. The van der Waals surface area contributed by atoms with Gasteiger partial charge in [-0.15, -0.1) is 0 Å². The van der Waals surface area contributed by atoms with E-state index in [1.165, 1.54) is 142 Å². The molecule has 0 aromatic carbocycles. The fourth-order valence-corrected chi connectivity index (χ4v) is 7.96. The summed E-state index contributed by atoms with van der Waals surface area (Å²) in [5.41, 5.74) is 0. The molecule has 0 unspecified atom stereocenters. The summed E-state index contributed by atoms with van der Waals surface area (Å²) in [4.78, 5) is 0. The highest BCUT2D eigenvalue weighted by atomic mass is 16.5. The molecule has 8 fully saturated rings. The van der Waals surface area contributed by atoms with Crippen LogP contribution < -0.4 is 26.6 Å². The lowest BCUT2D eigenvalue weighted by atomic mass is 9.91.